The fourth-order valence-corrected chi connectivity index (χ4v) is 2.85. The Balaban J connectivity index is 1.64. The summed E-state index contributed by atoms with van der Waals surface area (Å²) >= 11 is 0. The van der Waals surface area contributed by atoms with E-state index in [2.05, 4.69) is 15.7 Å². The van der Waals surface area contributed by atoms with Gasteiger partial charge in [0.1, 0.15) is 5.82 Å². The Kier molecular flexibility index (Phi) is 4.55. The SMILES string of the molecule is Cc1cc([C@@H](NC(=O)NCc2cnn(C)c2C)C2CC2)ccc1F. The molecule has 5 nitrogen and oxygen atoms in total. The molecule has 0 aliphatic heterocycles. The second-order valence-electron chi connectivity index (χ2n) is 6.53. The summed E-state index contributed by atoms with van der Waals surface area (Å²) in [5, 5.41) is 10.1. The molecule has 24 heavy (non-hydrogen) atoms. The number of nitrogens with one attached hydrogen (secondary N) is 2. The average molecular weight is 330 g/mol. The fourth-order valence-electron chi connectivity index (χ4n) is 2.85. The number of hydrogen-bond donors (Lipinski definition) is 2. The van der Waals surface area contributed by atoms with Gasteiger partial charge in [-0.1, -0.05) is 12.1 Å². The summed E-state index contributed by atoms with van der Waals surface area (Å²) in [6.45, 7) is 4.15. The number of benzene rings is 1. The second-order valence-corrected chi connectivity index (χ2v) is 6.53. The average Bonchev–Trinajstić information content (AvgIpc) is 3.34. The Bertz CT molecular complexity index is 751. The molecule has 1 heterocycles. The van der Waals surface area contributed by atoms with Gasteiger partial charge in [0.25, 0.3) is 0 Å². The Labute approximate surface area is 141 Å². The highest BCUT2D eigenvalue weighted by Gasteiger charge is 2.33. The van der Waals surface area contributed by atoms with Gasteiger partial charge in [-0.3, -0.25) is 4.68 Å². The highest BCUT2D eigenvalue weighted by Crippen LogP contribution is 2.41. The van der Waals surface area contributed by atoms with E-state index in [9.17, 15) is 9.18 Å². The van der Waals surface area contributed by atoms with Gasteiger partial charge in [0.15, 0.2) is 0 Å². The van der Waals surface area contributed by atoms with E-state index in [0.717, 1.165) is 29.7 Å². The molecule has 1 aromatic carbocycles. The molecule has 0 spiro atoms. The van der Waals surface area contributed by atoms with E-state index >= 15 is 0 Å². The summed E-state index contributed by atoms with van der Waals surface area (Å²) in [7, 11) is 1.87. The van der Waals surface area contributed by atoms with Gasteiger partial charge in [-0.15, -0.1) is 0 Å². The van der Waals surface area contributed by atoms with Gasteiger partial charge in [-0.05, 0) is 49.8 Å². The monoisotopic (exact) mass is 330 g/mol. The number of aromatic nitrogens is 2. The van der Waals surface area contributed by atoms with Crippen molar-refractivity contribution in [2.24, 2.45) is 13.0 Å². The normalized spacial score (nSPS) is 15.2. The minimum atomic E-state index is -0.218. The van der Waals surface area contributed by atoms with Gasteiger partial charge in [0, 0.05) is 24.8 Å². The van der Waals surface area contributed by atoms with E-state index in [1.165, 1.54) is 6.07 Å². The lowest BCUT2D eigenvalue weighted by Crippen LogP contribution is -2.38. The maximum absolute atomic E-state index is 13.5. The van der Waals surface area contributed by atoms with Crippen LogP contribution in [0.4, 0.5) is 9.18 Å². The molecule has 1 aromatic heterocycles. The topological polar surface area (TPSA) is 59.0 Å². The molecular weight excluding hydrogens is 307 g/mol. The lowest BCUT2D eigenvalue weighted by atomic mass is 10.0. The summed E-state index contributed by atoms with van der Waals surface area (Å²) in [4.78, 5) is 12.3. The van der Waals surface area contributed by atoms with Gasteiger partial charge in [-0.25, -0.2) is 9.18 Å². The standard InChI is InChI=1S/C18H23FN4O/c1-11-8-14(6-7-16(11)19)17(13-4-5-13)22-18(24)20-9-15-10-21-23(3)12(15)2/h6-8,10,13,17H,4-5,9H2,1-3H3,(H2,20,22,24)/t17-/m0/s1. The van der Waals surface area contributed by atoms with Crippen molar-refractivity contribution in [2.45, 2.75) is 39.3 Å². The largest absolute Gasteiger partial charge is 0.334 e. The van der Waals surface area contributed by atoms with E-state index in [-0.39, 0.29) is 17.9 Å². The van der Waals surface area contributed by atoms with Crippen molar-refractivity contribution >= 4 is 6.03 Å². The predicted molar refractivity (Wildman–Crippen MR) is 89.9 cm³/mol. The molecule has 0 bridgehead atoms. The van der Waals surface area contributed by atoms with Crippen LogP contribution in [0.1, 0.15) is 41.3 Å². The summed E-state index contributed by atoms with van der Waals surface area (Å²) < 4.78 is 15.3. The van der Waals surface area contributed by atoms with E-state index in [1.807, 2.05) is 20.0 Å². The zero-order chi connectivity index (χ0) is 17.3. The van der Waals surface area contributed by atoms with E-state index in [0.29, 0.717) is 18.0 Å². The molecule has 2 amide bonds. The molecule has 1 saturated carbocycles. The van der Waals surface area contributed by atoms with Crippen LogP contribution in [0.2, 0.25) is 0 Å². The van der Waals surface area contributed by atoms with Gasteiger partial charge >= 0.3 is 6.03 Å². The molecule has 2 aromatic rings. The first kappa shape index (κ1) is 16.5. The van der Waals surface area contributed by atoms with Crippen LogP contribution in [0, 0.1) is 25.6 Å². The molecule has 3 rings (SSSR count). The molecule has 1 aliphatic rings. The quantitative estimate of drug-likeness (QED) is 0.885. The third-order valence-corrected chi connectivity index (χ3v) is 4.70. The molecule has 1 aliphatic carbocycles. The lowest BCUT2D eigenvalue weighted by molar-refractivity contribution is 0.235. The lowest BCUT2D eigenvalue weighted by Gasteiger charge is -2.20. The summed E-state index contributed by atoms with van der Waals surface area (Å²) in [5.41, 5.74) is 3.59. The molecule has 128 valence electrons. The summed E-state index contributed by atoms with van der Waals surface area (Å²) in [5.74, 6) is 0.213. The Morgan fingerprint density at radius 1 is 1.42 bits per heavy atom. The van der Waals surface area contributed by atoms with Gasteiger partial charge in [0.05, 0.1) is 12.2 Å². The molecule has 6 heteroatoms. The zero-order valence-corrected chi connectivity index (χ0v) is 14.3. The molecule has 0 unspecified atom stereocenters. The highest BCUT2D eigenvalue weighted by atomic mass is 19.1. The first-order chi connectivity index (χ1) is 11.5. The van der Waals surface area contributed by atoms with Crippen LogP contribution in [-0.2, 0) is 13.6 Å². The second kappa shape index (κ2) is 6.63. The molecule has 1 fully saturated rings. The van der Waals surface area contributed by atoms with Gasteiger partial charge in [0.2, 0.25) is 0 Å². The number of nitrogens with zero attached hydrogens (tertiary/aromatic N) is 2. The zero-order valence-electron chi connectivity index (χ0n) is 14.3. The minimum Gasteiger partial charge on any atom is -0.334 e. The molecule has 2 N–H and O–H groups in total. The first-order valence-corrected chi connectivity index (χ1v) is 8.23. The minimum absolute atomic E-state index is 0.0701. The van der Waals surface area contributed by atoms with Crippen LogP contribution in [0.15, 0.2) is 24.4 Å². The number of rotatable bonds is 5. The van der Waals surface area contributed by atoms with E-state index < -0.39 is 0 Å². The van der Waals surface area contributed by atoms with Crippen LogP contribution in [0.25, 0.3) is 0 Å². The Morgan fingerprint density at radius 2 is 2.17 bits per heavy atom. The van der Waals surface area contributed by atoms with Gasteiger partial charge in [-0.2, -0.15) is 5.10 Å². The third kappa shape index (κ3) is 3.58. The van der Waals surface area contributed by atoms with Crippen molar-refractivity contribution < 1.29 is 9.18 Å². The number of carbonyl (C=O) groups is 1. The van der Waals surface area contributed by atoms with Crippen LogP contribution >= 0.6 is 0 Å². The Morgan fingerprint density at radius 3 is 2.75 bits per heavy atom. The van der Waals surface area contributed by atoms with Crippen LogP contribution in [0.5, 0.6) is 0 Å². The number of halogens is 1. The molecular formula is C18H23FN4O. The maximum atomic E-state index is 13.5. The van der Waals surface area contributed by atoms with Crippen molar-refractivity contribution in [3.05, 3.63) is 52.6 Å². The van der Waals surface area contributed by atoms with E-state index in [1.54, 1.807) is 23.9 Å². The molecule has 0 saturated heterocycles. The van der Waals surface area contributed by atoms with Crippen molar-refractivity contribution in [1.29, 1.82) is 0 Å². The van der Waals surface area contributed by atoms with Crippen molar-refractivity contribution in [2.75, 3.05) is 0 Å². The summed E-state index contributed by atoms with van der Waals surface area (Å²) in [6.07, 6.45) is 3.93. The fraction of sp³-hybridized carbons (Fsp3) is 0.444. The maximum Gasteiger partial charge on any atom is 0.315 e. The third-order valence-electron chi connectivity index (χ3n) is 4.70. The van der Waals surface area contributed by atoms with Crippen LogP contribution in [-0.4, -0.2) is 15.8 Å². The predicted octanol–water partition coefficient (Wildman–Crippen LogP) is 3.13. The summed E-state index contributed by atoms with van der Waals surface area (Å²) in [6, 6.07) is 4.77. The smallest absolute Gasteiger partial charge is 0.315 e. The van der Waals surface area contributed by atoms with Crippen LogP contribution in [0.3, 0.4) is 0 Å². The van der Waals surface area contributed by atoms with E-state index in [4.69, 9.17) is 0 Å². The number of urea groups is 1. The Hall–Kier alpha value is -2.37. The number of amides is 2. The van der Waals surface area contributed by atoms with Gasteiger partial charge < -0.3 is 10.6 Å². The number of aryl methyl sites for hydroxylation is 2. The highest BCUT2D eigenvalue weighted by molar-refractivity contribution is 5.74. The van der Waals surface area contributed by atoms with Crippen molar-refractivity contribution in [1.82, 2.24) is 20.4 Å². The molecule has 1 atom stereocenters. The van der Waals surface area contributed by atoms with Crippen molar-refractivity contribution in [3.63, 3.8) is 0 Å². The number of carbonyl (C=O) groups excluding carboxylic acids is 1. The van der Waals surface area contributed by atoms with Crippen molar-refractivity contribution in [3.8, 4) is 0 Å². The molecule has 0 radical (unpaired) electrons. The first-order valence-electron chi connectivity index (χ1n) is 8.23. The van der Waals surface area contributed by atoms with Crippen LogP contribution < -0.4 is 10.6 Å². The number of hydrogen-bond acceptors (Lipinski definition) is 2.